The number of carbonyl (C=O) groups is 3. The first-order chi connectivity index (χ1) is 21.7. The molecule has 1 aliphatic heterocycles. The molecule has 3 amide bonds. The lowest BCUT2D eigenvalue weighted by molar-refractivity contribution is -0.122. The SMILES string of the molecule is COc1cc2nccc(Oc3ccc(NC(=S)NC(=O)Cc4ccc(F)cc4)cc3F)c2cc1C(=O)NC1CCCCNC1=O. The van der Waals surface area contributed by atoms with E-state index in [1.165, 1.54) is 61.8 Å². The Balaban J connectivity index is 1.29. The van der Waals surface area contributed by atoms with Gasteiger partial charge in [-0.15, -0.1) is 0 Å². The number of rotatable bonds is 8. The maximum atomic E-state index is 15.2. The number of carbonyl (C=O) groups excluding carboxylic acids is 3. The summed E-state index contributed by atoms with van der Waals surface area (Å²) in [5.74, 6) is -1.94. The summed E-state index contributed by atoms with van der Waals surface area (Å²) < 4.78 is 39.6. The molecule has 0 radical (unpaired) electrons. The first-order valence-electron chi connectivity index (χ1n) is 14.1. The summed E-state index contributed by atoms with van der Waals surface area (Å²) in [5, 5.41) is 11.2. The van der Waals surface area contributed by atoms with Crippen molar-refractivity contribution < 1.29 is 32.6 Å². The van der Waals surface area contributed by atoms with Crippen LogP contribution in [-0.4, -0.2) is 47.5 Å². The van der Waals surface area contributed by atoms with Crippen LogP contribution >= 0.6 is 12.2 Å². The Bertz CT molecular complexity index is 1770. The average Bonchev–Trinajstić information content (AvgIpc) is 3.22. The molecule has 45 heavy (non-hydrogen) atoms. The van der Waals surface area contributed by atoms with Crippen molar-refractivity contribution >= 4 is 51.6 Å². The van der Waals surface area contributed by atoms with E-state index >= 15 is 4.39 Å². The van der Waals surface area contributed by atoms with E-state index in [1.807, 2.05) is 0 Å². The van der Waals surface area contributed by atoms with E-state index in [-0.39, 0.29) is 45.9 Å². The topological polar surface area (TPSA) is 131 Å². The maximum absolute atomic E-state index is 15.2. The lowest BCUT2D eigenvalue weighted by atomic mass is 10.1. The van der Waals surface area contributed by atoms with E-state index in [9.17, 15) is 18.8 Å². The van der Waals surface area contributed by atoms with Gasteiger partial charge in [0.05, 0.1) is 24.6 Å². The first-order valence-corrected chi connectivity index (χ1v) is 14.5. The van der Waals surface area contributed by atoms with Gasteiger partial charge in [-0.1, -0.05) is 12.1 Å². The second kappa shape index (κ2) is 14.1. The van der Waals surface area contributed by atoms with Crippen molar-refractivity contribution in [2.45, 2.75) is 31.7 Å². The fourth-order valence-corrected chi connectivity index (χ4v) is 5.03. The molecule has 5 rings (SSSR count). The molecule has 0 bridgehead atoms. The molecule has 2 heterocycles. The smallest absolute Gasteiger partial charge is 0.255 e. The number of halogens is 2. The van der Waals surface area contributed by atoms with Gasteiger partial charge in [-0.25, -0.2) is 8.78 Å². The van der Waals surface area contributed by atoms with Gasteiger partial charge >= 0.3 is 0 Å². The largest absolute Gasteiger partial charge is 0.496 e. The van der Waals surface area contributed by atoms with Gasteiger partial charge in [-0.3, -0.25) is 19.4 Å². The predicted octanol–water partition coefficient (Wildman–Crippen LogP) is 4.77. The number of ether oxygens (including phenoxy) is 2. The minimum atomic E-state index is -0.726. The highest BCUT2D eigenvalue weighted by Crippen LogP contribution is 2.34. The fraction of sp³-hybridized carbons (Fsp3) is 0.219. The summed E-state index contributed by atoms with van der Waals surface area (Å²) in [7, 11) is 1.42. The van der Waals surface area contributed by atoms with Crippen LogP contribution < -0.4 is 30.7 Å². The van der Waals surface area contributed by atoms with Crippen LogP contribution in [0.25, 0.3) is 10.9 Å². The molecule has 1 unspecified atom stereocenters. The van der Waals surface area contributed by atoms with Crippen molar-refractivity contribution in [1.29, 1.82) is 0 Å². The van der Waals surface area contributed by atoms with Crippen LogP contribution in [0.4, 0.5) is 14.5 Å². The van der Waals surface area contributed by atoms with Crippen molar-refractivity contribution in [1.82, 2.24) is 20.9 Å². The summed E-state index contributed by atoms with van der Waals surface area (Å²) in [6.07, 6.45) is 3.60. The zero-order chi connectivity index (χ0) is 31.9. The number of anilines is 1. The third-order valence-electron chi connectivity index (χ3n) is 7.05. The summed E-state index contributed by atoms with van der Waals surface area (Å²) >= 11 is 5.17. The molecule has 1 aliphatic rings. The van der Waals surface area contributed by atoms with E-state index in [0.717, 1.165) is 18.9 Å². The summed E-state index contributed by atoms with van der Waals surface area (Å²) in [6.45, 7) is 0.562. The number of hydrogen-bond donors (Lipinski definition) is 4. The molecule has 0 saturated carbocycles. The number of nitrogens with zero attached hydrogens (tertiary/aromatic N) is 1. The molecule has 13 heteroatoms. The summed E-state index contributed by atoms with van der Waals surface area (Å²) in [5.41, 5.74) is 1.47. The molecule has 0 aliphatic carbocycles. The Morgan fingerprint density at radius 2 is 1.82 bits per heavy atom. The molecule has 10 nitrogen and oxygen atoms in total. The van der Waals surface area contributed by atoms with Crippen molar-refractivity contribution in [2.24, 2.45) is 0 Å². The number of nitrogens with one attached hydrogen (secondary N) is 4. The zero-order valence-electron chi connectivity index (χ0n) is 24.1. The van der Waals surface area contributed by atoms with Crippen LogP contribution in [-0.2, 0) is 16.0 Å². The lowest BCUT2D eigenvalue weighted by Crippen LogP contribution is -2.45. The second-order valence-electron chi connectivity index (χ2n) is 10.2. The van der Waals surface area contributed by atoms with Gasteiger partial charge in [-0.05, 0) is 73.4 Å². The van der Waals surface area contributed by atoms with Gasteiger partial charge in [0.2, 0.25) is 11.8 Å². The van der Waals surface area contributed by atoms with Crippen molar-refractivity contribution in [2.75, 3.05) is 19.0 Å². The van der Waals surface area contributed by atoms with Crippen LogP contribution in [0.3, 0.4) is 0 Å². The number of pyridine rings is 1. The van der Waals surface area contributed by atoms with Gasteiger partial charge in [-0.2, -0.15) is 0 Å². The predicted molar refractivity (Wildman–Crippen MR) is 167 cm³/mol. The van der Waals surface area contributed by atoms with Gasteiger partial charge in [0.1, 0.15) is 23.4 Å². The summed E-state index contributed by atoms with van der Waals surface area (Å²) in [6, 6.07) is 13.5. The number of hydrogen-bond acceptors (Lipinski definition) is 7. The molecule has 4 N–H and O–H groups in total. The number of amides is 3. The van der Waals surface area contributed by atoms with Crippen LogP contribution in [0.2, 0.25) is 0 Å². The Kier molecular flexibility index (Phi) is 9.78. The van der Waals surface area contributed by atoms with Crippen molar-refractivity contribution in [3.05, 3.63) is 89.6 Å². The number of fused-ring (bicyclic) bond motifs is 1. The monoisotopic (exact) mass is 633 g/mol. The van der Waals surface area contributed by atoms with E-state index in [2.05, 4.69) is 26.3 Å². The number of aromatic nitrogens is 1. The highest BCUT2D eigenvalue weighted by molar-refractivity contribution is 7.80. The van der Waals surface area contributed by atoms with Crippen LogP contribution in [0.5, 0.6) is 17.2 Å². The van der Waals surface area contributed by atoms with Crippen molar-refractivity contribution in [3.8, 4) is 17.2 Å². The Hall–Kier alpha value is -5.17. The molecule has 1 atom stereocenters. The van der Waals surface area contributed by atoms with Crippen LogP contribution in [0.15, 0.2) is 66.9 Å². The van der Waals surface area contributed by atoms with Crippen LogP contribution in [0.1, 0.15) is 35.2 Å². The van der Waals surface area contributed by atoms with Gasteiger partial charge < -0.3 is 30.7 Å². The molecule has 1 aromatic heterocycles. The highest BCUT2D eigenvalue weighted by atomic mass is 32.1. The average molecular weight is 634 g/mol. The Morgan fingerprint density at radius 3 is 2.58 bits per heavy atom. The number of benzene rings is 3. The van der Waals surface area contributed by atoms with Gasteiger partial charge in [0.15, 0.2) is 16.7 Å². The quantitative estimate of drug-likeness (QED) is 0.204. The van der Waals surface area contributed by atoms with Gasteiger partial charge in [0.25, 0.3) is 5.91 Å². The van der Waals surface area contributed by atoms with E-state index in [4.69, 9.17) is 21.7 Å². The first kappa shape index (κ1) is 31.3. The standard InChI is InChI=1S/C32H29F2N5O5S/c1-43-28-17-25-21(16-22(28)30(41)38-24-4-2-3-12-36-31(24)42)26(11-13-35-25)44-27-10-9-20(15-23(27)34)37-32(45)39-29(40)14-18-5-7-19(33)8-6-18/h5-11,13,15-17,24H,2-4,12,14H2,1H3,(H,36,42)(H,38,41)(H2,37,39,40,45). The third-order valence-corrected chi connectivity index (χ3v) is 7.25. The molecule has 3 aromatic carbocycles. The third kappa shape index (κ3) is 7.87. The van der Waals surface area contributed by atoms with Gasteiger partial charge in [0, 0.05) is 35.9 Å². The fourth-order valence-electron chi connectivity index (χ4n) is 4.80. The molecule has 4 aromatic rings. The summed E-state index contributed by atoms with van der Waals surface area (Å²) in [4.78, 5) is 42.3. The van der Waals surface area contributed by atoms with E-state index in [0.29, 0.717) is 29.4 Å². The normalized spacial score (nSPS) is 14.6. The highest BCUT2D eigenvalue weighted by Gasteiger charge is 2.25. The second-order valence-corrected chi connectivity index (χ2v) is 10.7. The lowest BCUT2D eigenvalue weighted by Gasteiger charge is -2.17. The molecular weight excluding hydrogens is 604 g/mol. The molecule has 1 saturated heterocycles. The van der Waals surface area contributed by atoms with E-state index in [1.54, 1.807) is 6.07 Å². The van der Waals surface area contributed by atoms with Crippen LogP contribution in [0, 0.1) is 11.6 Å². The minimum absolute atomic E-state index is 0.0196. The maximum Gasteiger partial charge on any atom is 0.255 e. The minimum Gasteiger partial charge on any atom is -0.496 e. The zero-order valence-corrected chi connectivity index (χ0v) is 24.9. The Morgan fingerprint density at radius 1 is 1.02 bits per heavy atom. The molecule has 232 valence electrons. The van der Waals surface area contributed by atoms with Crippen molar-refractivity contribution in [3.63, 3.8) is 0 Å². The molecule has 0 spiro atoms. The van der Waals surface area contributed by atoms with E-state index < -0.39 is 29.5 Å². The molecular formula is C32H29F2N5O5S. The number of thiocarbonyl (C=S) groups is 1. The number of methoxy groups -OCH3 is 1. The Labute approximate surface area is 262 Å². The molecule has 1 fully saturated rings.